The predicted molar refractivity (Wildman–Crippen MR) is 122 cm³/mol. The number of ketones is 1. The van der Waals surface area contributed by atoms with Gasteiger partial charge in [-0.1, -0.05) is 49.7 Å². The predicted octanol–water partition coefficient (Wildman–Crippen LogP) is 4.14. The van der Waals surface area contributed by atoms with Gasteiger partial charge in [-0.25, -0.2) is 13.6 Å². The summed E-state index contributed by atoms with van der Waals surface area (Å²) in [5.74, 6) is -4.64. The second-order valence-corrected chi connectivity index (χ2v) is 12.0. The first-order valence-electron chi connectivity index (χ1n) is 11.7. The van der Waals surface area contributed by atoms with Crippen molar-refractivity contribution in [1.29, 1.82) is 0 Å². The van der Waals surface area contributed by atoms with E-state index in [1.54, 1.807) is 27.7 Å². The lowest BCUT2D eigenvalue weighted by Crippen LogP contribution is -2.70. The molecule has 0 unspecified atom stereocenters. The molecule has 0 saturated heterocycles. The summed E-state index contributed by atoms with van der Waals surface area (Å²) in [7, 11) is 1.23. The molecule has 0 aromatic heterocycles. The molecule has 4 aliphatic carbocycles. The monoisotopic (exact) mass is 544 g/mol. The standard InChI is InChI=1S/C25H31BrF2O6/c1-6-18(31)34-25(21(32)33-5)12(2)9-13-14-10-15(27)19-20(28)16(29)7-8-22(19,3)24(14,26)17(30)11-23(13,25)4/h7-8,12-15,17,30H,6,9-11H2,1-5H3/t12-,13+,14+,15+,17+,22+,23+,24+,25+/m1/s1. The van der Waals surface area contributed by atoms with Crippen LogP contribution in [0.15, 0.2) is 23.6 Å². The van der Waals surface area contributed by atoms with E-state index in [0.29, 0.717) is 6.42 Å². The number of methoxy groups -OCH3 is 1. The maximum atomic E-state index is 15.7. The van der Waals surface area contributed by atoms with Gasteiger partial charge in [-0.3, -0.25) is 9.59 Å². The number of halogens is 3. The first-order valence-corrected chi connectivity index (χ1v) is 12.5. The number of carbonyl (C=O) groups is 3. The van der Waals surface area contributed by atoms with Crippen molar-refractivity contribution in [3.63, 3.8) is 0 Å². The number of hydrogen-bond acceptors (Lipinski definition) is 6. The molecule has 9 atom stereocenters. The highest BCUT2D eigenvalue weighted by atomic mass is 79.9. The number of esters is 2. The Bertz CT molecular complexity index is 1010. The molecule has 9 heteroatoms. The molecule has 0 spiro atoms. The van der Waals surface area contributed by atoms with E-state index in [1.807, 2.05) is 0 Å². The van der Waals surface area contributed by atoms with Crippen LogP contribution in [0.2, 0.25) is 0 Å². The Kier molecular flexibility index (Phi) is 5.96. The highest BCUT2D eigenvalue weighted by Gasteiger charge is 2.78. The van der Waals surface area contributed by atoms with Crippen LogP contribution >= 0.6 is 15.9 Å². The van der Waals surface area contributed by atoms with Crippen molar-refractivity contribution in [2.75, 3.05) is 7.11 Å². The zero-order valence-corrected chi connectivity index (χ0v) is 21.6. The molecule has 0 aromatic rings. The van der Waals surface area contributed by atoms with Crippen molar-refractivity contribution in [2.45, 2.75) is 75.6 Å². The van der Waals surface area contributed by atoms with Gasteiger partial charge in [0.25, 0.3) is 0 Å². The Morgan fingerprint density at radius 1 is 1.26 bits per heavy atom. The second-order valence-electron chi connectivity index (χ2n) is 10.6. The van der Waals surface area contributed by atoms with E-state index in [2.05, 4.69) is 15.9 Å². The molecule has 4 aliphatic rings. The first kappa shape index (κ1) is 25.5. The second kappa shape index (κ2) is 7.95. The van der Waals surface area contributed by atoms with Gasteiger partial charge >= 0.3 is 11.9 Å². The normalized spacial score (nSPS) is 47.6. The Balaban J connectivity index is 1.90. The first-order chi connectivity index (χ1) is 15.8. The topological polar surface area (TPSA) is 89.9 Å². The van der Waals surface area contributed by atoms with Crippen molar-refractivity contribution < 1.29 is 37.7 Å². The van der Waals surface area contributed by atoms with Gasteiger partial charge in [0.05, 0.1) is 17.5 Å². The average Bonchev–Trinajstić information content (AvgIpc) is 3.00. The third-order valence-corrected chi connectivity index (χ3v) is 11.2. The van der Waals surface area contributed by atoms with Gasteiger partial charge < -0.3 is 14.6 Å². The number of carbonyl (C=O) groups excluding carboxylic acids is 3. The van der Waals surface area contributed by atoms with Crippen molar-refractivity contribution in [3.8, 4) is 0 Å². The van der Waals surface area contributed by atoms with Crippen LogP contribution in [0.1, 0.15) is 53.4 Å². The Morgan fingerprint density at radius 3 is 2.50 bits per heavy atom. The van der Waals surface area contributed by atoms with Crippen LogP contribution in [0.3, 0.4) is 0 Å². The smallest absolute Gasteiger partial charge is 0.351 e. The summed E-state index contributed by atoms with van der Waals surface area (Å²) in [6, 6.07) is 0. The molecule has 188 valence electrons. The lowest BCUT2D eigenvalue weighted by molar-refractivity contribution is -0.214. The van der Waals surface area contributed by atoms with Crippen LogP contribution in [0.25, 0.3) is 0 Å². The summed E-state index contributed by atoms with van der Waals surface area (Å²) in [5, 5.41) is 11.7. The SMILES string of the molecule is CCC(=O)O[C@]1(C(=O)OC)[C@H](C)C[C@H]2[C@@H]3C[C@H](F)C4=C(F)C(=O)C=C[C@]4(C)[C@@]3(Br)[C@@H](O)C[C@@]21C. The van der Waals surface area contributed by atoms with E-state index in [0.717, 1.165) is 6.08 Å². The van der Waals surface area contributed by atoms with Crippen LogP contribution in [-0.2, 0) is 23.9 Å². The average molecular weight is 545 g/mol. The number of alkyl halides is 2. The van der Waals surface area contributed by atoms with Crippen molar-refractivity contribution in [2.24, 2.45) is 28.6 Å². The van der Waals surface area contributed by atoms with E-state index in [1.165, 1.54) is 13.2 Å². The highest BCUT2D eigenvalue weighted by molar-refractivity contribution is 9.10. The fourth-order valence-corrected chi connectivity index (χ4v) is 8.73. The molecule has 0 bridgehead atoms. The van der Waals surface area contributed by atoms with Crippen LogP contribution in [0.4, 0.5) is 8.78 Å². The summed E-state index contributed by atoms with van der Waals surface area (Å²) >= 11 is 3.74. The maximum Gasteiger partial charge on any atom is 0.351 e. The van der Waals surface area contributed by atoms with Gasteiger partial charge in [-0.15, -0.1) is 0 Å². The minimum absolute atomic E-state index is 0.0269. The van der Waals surface area contributed by atoms with E-state index in [-0.39, 0.29) is 30.8 Å². The molecule has 0 radical (unpaired) electrons. The van der Waals surface area contributed by atoms with Gasteiger partial charge in [0.1, 0.15) is 6.17 Å². The van der Waals surface area contributed by atoms with Gasteiger partial charge in [-0.05, 0) is 37.2 Å². The molecule has 3 saturated carbocycles. The molecule has 0 aliphatic heterocycles. The number of hydrogen-bond donors (Lipinski definition) is 1. The Hall–Kier alpha value is -1.61. The van der Waals surface area contributed by atoms with Crippen LogP contribution in [0.5, 0.6) is 0 Å². The Morgan fingerprint density at radius 2 is 1.91 bits per heavy atom. The van der Waals surface area contributed by atoms with Gasteiger partial charge in [0.2, 0.25) is 11.4 Å². The van der Waals surface area contributed by atoms with E-state index in [9.17, 15) is 23.9 Å². The molecule has 0 aromatic carbocycles. The van der Waals surface area contributed by atoms with E-state index >= 15 is 4.39 Å². The maximum absolute atomic E-state index is 15.7. The minimum atomic E-state index is -1.74. The number of ether oxygens (including phenoxy) is 2. The van der Waals surface area contributed by atoms with Gasteiger partial charge in [0, 0.05) is 28.7 Å². The summed E-state index contributed by atoms with van der Waals surface area (Å²) in [6.07, 6.45) is 0.00866. The van der Waals surface area contributed by atoms with E-state index < -0.39 is 68.4 Å². The summed E-state index contributed by atoms with van der Waals surface area (Å²) < 4.78 is 40.4. The minimum Gasteiger partial charge on any atom is -0.466 e. The number of fused-ring (bicyclic) bond motifs is 5. The van der Waals surface area contributed by atoms with Gasteiger partial charge in [0.15, 0.2) is 5.83 Å². The summed E-state index contributed by atoms with van der Waals surface area (Å²) in [6.45, 7) is 6.85. The molecule has 0 amide bonds. The third kappa shape index (κ3) is 2.83. The number of allylic oxidation sites excluding steroid dienone is 4. The summed E-state index contributed by atoms with van der Waals surface area (Å²) in [5.41, 5.74) is -4.27. The number of aliphatic hydroxyl groups excluding tert-OH is 1. The zero-order chi connectivity index (χ0) is 25.4. The zero-order valence-electron chi connectivity index (χ0n) is 20.0. The molecular formula is C25H31BrF2O6. The highest BCUT2D eigenvalue weighted by Crippen LogP contribution is 2.73. The van der Waals surface area contributed by atoms with E-state index in [4.69, 9.17) is 9.47 Å². The van der Waals surface area contributed by atoms with Crippen molar-refractivity contribution in [3.05, 3.63) is 23.6 Å². The molecule has 0 heterocycles. The molecule has 1 N–H and O–H groups in total. The van der Waals surface area contributed by atoms with Crippen molar-refractivity contribution >= 4 is 33.7 Å². The lowest BCUT2D eigenvalue weighted by atomic mass is 9.45. The number of aliphatic hydroxyl groups is 1. The molecule has 34 heavy (non-hydrogen) atoms. The largest absolute Gasteiger partial charge is 0.466 e. The van der Waals surface area contributed by atoms with Crippen molar-refractivity contribution in [1.82, 2.24) is 0 Å². The van der Waals surface area contributed by atoms with Crippen LogP contribution in [-0.4, -0.2) is 52.1 Å². The van der Waals surface area contributed by atoms with Crippen LogP contribution in [0, 0.1) is 28.6 Å². The fourth-order valence-electron chi connectivity index (χ4n) is 7.71. The fraction of sp³-hybridized carbons (Fsp3) is 0.720. The van der Waals surface area contributed by atoms with Crippen LogP contribution < -0.4 is 0 Å². The molecular weight excluding hydrogens is 514 g/mol. The Labute approximate surface area is 206 Å². The van der Waals surface area contributed by atoms with Gasteiger partial charge in [-0.2, -0.15) is 0 Å². The molecule has 3 fully saturated rings. The quantitative estimate of drug-likeness (QED) is 0.424. The summed E-state index contributed by atoms with van der Waals surface area (Å²) in [4.78, 5) is 37.8. The third-order valence-electron chi connectivity index (χ3n) is 9.30. The number of rotatable bonds is 3. The molecule has 4 rings (SSSR count). The lowest BCUT2D eigenvalue weighted by Gasteiger charge is -2.64. The molecule has 6 nitrogen and oxygen atoms in total.